The average Bonchev–Trinajstić information content (AvgIpc) is 2.27. The maximum Gasteiger partial charge on any atom is 0.255 e. The molecule has 4 heteroatoms. The van der Waals surface area contributed by atoms with Crippen molar-refractivity contribution in [3.63, 3.8) is 0 Å². The van der Waals surface area contributed by atoms with E-state index in [2.05, 4.69) is 0 Å². The van der Waals surface area contributed by atoms with Crippen LogP contribution in [0.3, 0.4) is 0 Å². The van der Waals surface area contributed by atoms with Crippen LogP contribution in [0, 0.1) is 0 Å². The van der Waals surface area contributed by atoms with Crippen LogP contribution in [0.2, 0.25) is 0 Å². The summed E-state index contributed by atoms with van der Waals surface area (Å²) in [7, 11) is 0. The lowest BCUT2D eigenvalue weighted by atomic mass is 10.2. The molecule has 1 aliphatic heterocycles. The fourth-order valence-electron chi connectivity index (χ4n) is 1.62. The van der Waals surface area contributed by atoms with Crippen LogP contribution < -0.4 is 9.64 Å². The van der Waals surface area contributed by atoms with E-state index in [1.54, 1.807) is 4.90 Å². The van der Waals surface area contributed by atoms with Crippen molar-refractivity contribution in [3.8, 4) is 5.75 Å². The van der Waals surface area contributed by atoms with E-state index in [4.69, 9.17) is 4.74 Å². The summed E-state index contributed by atoms with van der Waals surface area (Å²) in [4.78, 5) is 13.2. The van der Waals surface area contributed by atoms with Crippen molar-refractivity contribution in [3.05, 3.63) is 24.3 Å². The minimum absolute atomic E-state index is 0.286. The van der Waals surface area contributed by atoms with Crippen molar-refractivity contribution in [1.82, 2.24) is 0 Å². The number of hydrogen-bond acceptors (Lipinski definition) is 3. The summed E-state index contributed by atoms with van der Waals surface area (Å²) in [5.74, 6) is 0.406. The lowest BCUT2D eigenvalue weighted by Crippen LogP contribution is -2.42. The molecule has 0 saturated carbocycles. The molecule has 0 radical (unpaired) electrons. The molecule has 1 aliphatic rings. The third-order valence-corrected chi connectivity index (χ3v) is 2.35. The lowest BCUT2D eigenvalue weighted by molar-refractivity contribution is -0.126. The highest BCUT2D eigenvalue weighted by Gasteiger charge is 2.25. The van der Waals surface area contributed by atoms with Crippen LogP contribution in [0.15, 0.2) is 24.3 Å². The Labute approximate surface area is 88.1 Å². The van der Waals surface area contributed by atoms with Gasteiger partial charge >= 0.3 is 0 Å². The van der Waals surface area contributed by atoms with Crippen LogP contribution in [0.4, 0.5) is 5.69 Å². The standard InChI is InChI=1S/C11H13NO3/c1-8(13)11(14)12-6-7-15-10-5-3-2-4-9(10)12/h2-5,8,13H,6-7H2,1H3. The number of anilines is 1. The number of amides is 1. The molecule has 0 bridgehead atoms. The molecule has 1 amide bonds. The molecule has 0 aliphatic carbocycles. The van der Waals surface area contributed by atoms with Gasteiger partial charge in [-0.15, -0.1) is 0 Å². The fraction of sp³-hybridized carbons (Fsp3) is 0.364. The molecule has 0 aromatic heterocycles. The second-order valence-corrected chi connectivity index (χ2v) is 3.48. The molecule has 1 aromatic carbocycles. The highest BCUT2D eigenvalue weighted by atomic mass is 16.5. The van der Waals surface area contributed by atoms with Crippen LogP contribution in [0.25, 0.3) is 0 Å². The summed E-state index contributed by atoms with van der Waals surface area (Å²) in [6.45, 7) is 2.43. The quantitative estimate of drug-likeness (QED) is 0.740. The van der Waals surface area contributed by atoms with Crippen LogP contribution in [-0.2, 0) is 4.79 Å². The zero-order valence-electron chi connectivity index (χ0n) is 8.51. The number of rotatable bonds is 1. The number of nitrogens with zero attached hydrogens (tertiary/aromatic N) is 1. The average molecular weight is 207 g/mol. The number of fused-ring (bicyclic) bond motifs is 1. The van der Waals surface area contributed by atoms with E-state index in [9.17, 15) is 9.90 Å². The van der Waals surface area contributed by atoms with E-state index < -0.39 is 6.10 Å². The zero-order chi connectivity index (χ0) is 10.8. The SMILES string of the molecule is CC(O)C(=O)N1CCOc2ccccc21. The number of para-hydroxylation sites is 2. The summed E-state index contributed by atoms with van der Waals surface area (Å²) in [5, 5.41) is 9.27. The van der Waals surface area contributed by atoms with Crippen molar-refractivity contribution < 1.29 is 14.6 Å². The first-order valence-electron chi connectivity index (χ1n) is 4.91. The molecule has 0 saturated heterocycles. The van der Waals surface area contributed by atoms with Crippen LogP contribution in [0.5, 0.6) is 5.75 Å². The van der Waals surface area contributed by atoms with Gasteiger partial charge in [0.25, 0.3) is 5.91 Å². The number of carbonyl (C=O) groups excluding carboxylic acids is 1. The van der Waals surface area contributed by atoms with Gasteiger partial charge in [-0.3, -0.25) is 4.79 Å². The number of carbonyl (C=O) groups is 1. The number of aliphatic hydroxyl groups excluding tert-OH is 1. The van der Waals surface area contributed by atoms with E-state index in [0.717, 1.165) is 5.69 Å². The molecule has 80 valence electrons. The molecule has 4 nitrogen and oxygen atoms in total. The second-order valence-electron chi connectivity index (χ2n) is 3.48. The molecule has 1 aromatic rings. The first-order chi connectivity index (χ1) is 7.20. The predicted molar refractivity (Wildman–Crippen MR) is 56.0 cm³/mol. The number of benzene rings is 1. The summed E-state index contributed by atoms with van der Waals surface area (Å²) in [6.07, 6.45) is -0.976. The van der Waals surface area contributed by atoms with Gasteiger partial charge < -0.3 is 14.7 Å². The van der Waals surface area contributed by atoms with E-state index in [1.807, 2.05) is 24.3 Å². The third kappa shape index (κ3) is 1.80. The van der Waals surface area contributed by atoms with Gasteiger partial charge in [0.2, 0.25) is 0 Å². The Morgan fingerprint density at radius 2 is 2.27 bits per heavy atom. The van der Waals surface area contributed by atoms with E-state index in [0.29, 0.717) is 18.9 Å². The predicted octanol–water partition coefficient (Wildman–Crippen LogP) is 0.793. The van der Waals surface area contributed by atoms with Crippen LogP contribution in [-0.4, -0.2) is 30.3 Å². The first kappa shape index (κ1) is 9.98. The third-order valence-electron chi connectivity index (χ3n) is 2.35. The van der Waals surface area contributed by atoms with Gasteiger partial charge in [-0.1, -0.05) is 12.1 Å². The highest BCUT2D eigenvalue weighted by molar-refractivity contribution is 5.97. The Bertz CT molecular complexity index is 376. The normalized spacial score (nSPS) is 16.5. The molecule has 0 fully saturated rings. The Balaban J connectivity index is 2.34. The zero-order valence-corrected chi connectivity index (χ0v) is 8.51. The number of hydrogen-bond donors (Lipinski definition) is 1. The molecule has 15 heavy (non-hydrogen) atoms. The Hall–Kier alpha value is -1.55. The van der Waals surface area contributed by atoms with Crippen LogP contribution in [0.1, 0.15) is 6.92 Å². The maximum absolute atomic E-state index is 11.7. The monoisotopic (exact) mass is 207 g/mol. The van der Waals surface area contributed by atoms with Crippen molar-refractivity contribution in [2.24, 2.45) is 0 Å². The highest BCUT2D eigenvalue weighted by Crippen LogP contribution is 2.31. The Kier molecular flexibility index (Phi) is 2.60. The molecule has 2 rings (SSSR count). The van der Waals surface area contributed by atoms with Crippen molar-refractivity contribution in [2.75, 3.05) is 18.1 Å². The summed E-state index contributed by atoms with van der Waals surface area (Å²) < 4.78 is 5.41. The van der Waals surface area contributed by atoms with Gasteiger partial charge in [0.1, 0.15) is 18.5 Å². The molecule has 1 N–H and O–H groups in total. The lowest BCUT2D eigenvalue weighted by Gasteiger charge is -2.30. The summed E-state index contributed by atoms with van der Waals surface area (Å²) in [6, 6.07) is 7.33. The van der Waals surface area contributed by atoms with Crippen molar-refractivity contribution in [1.29, 1.82) is 0 Å². The second kappa shape index (κ2) is 3.90. The van der Waals surface area contributed by atoms with Gasteiger partial charge in [-0.05, 0) is 19.1 Å². The smallest absolute Gasteiger partial charge is 0.255 e. The van der Waals surface area contributed by atoms with Gasteiger partial charge in [0.05, 0.1) is 12.2 Å². The fourth-order valence-corrected chi connectivity index (χ4v) is 1.62. The van der Waals surface area contributed by atoms with E-state index >= 15 is 0 Å². The van der Waals surface area contributed by atoms with E-state index in [-0.39, 0.29) is 5.91 Å². The minimum Gasteiger partial charge on any atom is -0.490 e. The van der Waals surface area contributed by atoms with E-state index in [1.165, 1.54) is 6.92 Å². The summed E-state index contributed by atoms with van der Waals surface area (Å²) in [5.41, 5.74) is 0.731. The van der Waals surface area contributed by atoms with Gasteiger partial charge in [0.15, 0.2) is 0 Å². The number of ether oxygens (including phenoxy) is 1. The van der Waals surface area contributed by atoms with Crippen LogP contribution >= 0.6 is 0 Å². The minimum atomic E-state index is -0.976. The van der Waals surface area contributed by atoms with Gasteiger partial charge in [0, 0.05) is 0 Å². The molecular weight excluding hydrogens is 194 g/mol. The van der Waals surface area contributed by atoms with Crippen molar-refractivity contribution in [2.45, 2.75) is 13.0 Å². The largest absolute Gasteiger partial charge is 0.490 e. The molecule has 1 atom stereocenters. The molecule has 0 spiro atoms. The van der Waals surface area contributed by atoms with Crippen molar-refractivity contribution >= 4 is 11.6 Å². The topological polar surface area (TPSA) is 49.8 Å². The Morgan fingerprint density at radius 1 is 1.53 bits per heavy atom. The summed E-state index contributed by atoms with van der Waals surface area (Å²) >= 11 is 0. The molecule has 1 heterocycles. The Morgan fingerprint density at radius 3 is 3.00 bits per heavy atom. The number of aliphatic hydroxyl groups is 1. The van der Waals surface area contributed by atoms with Gasteiger partial charge in [-0.2, -0.15) is 0 Å². The molecule has 1 unspecified atom stereocenters. The molecular formula is C11H13NO3. The maximum atomic E-state index is 11.7. The first-order valence-corrected chi connectivity index (χ1v) is 4.91. The van der Waals surface area contributed by atoms with Gasteiger partial charge in [-0.25, -0.2) is 0 Å².